The maximum Gasteiger partial charge on any atom is 0.183 e. The van der Waals surface area contributed by atoms with Crippen molar-refractivity contribution in [2.24, 2.45) is 5.41 Å². The first kappa shape index (κ1) is 14.7. The molecule has 2 aliphatic heterocycles. The Kier molecular flexibility index (Phi) is 4.05. The van der Waals surface area contributed by atoms with Gasteiger partial charge in [-0.05, 0) is 24.3 Å². The lowest BCUT2D eigenvalue weighted by Gasteiger charge is -2.43. The van der Waals surface area contributed by atoms with Crippen molar-refractivity contribution < 1.29 is 18.9 Å². The van der Waals surface area contributed by atoms with E-state index in [1.165, 1.54) is 0 Å². The van der Waals surface area contributed by atoms with Crippen LogP contribution < -0.4 is 0 Å². The lowest BCUT2D eigenvalue weighted by atomic mass is 9.90. The van der Waals surface area contributed by atoms with Crippen LogP contribution in [0.15, 0.2) is 49.1 Å². The predicted molar refractivity (Wildman–Crippen MR) is 80.2 cm³/mol. The summed E-state index contributed by atoms with van der Waals surface area (Å²) in [5.74, 6) is 0. The molecule has 0 unspecified atom stereocenters. The quantitative estimate of drug-likeness (QED) is 0.847. The van der Waals surface area contributed by atoms with Gasteiger partial charge in [0.25, 0.3) is 0 Å². The van der Waals surface area contributed by atoms with E-state index in [2.05, 4.69) is 9.97 Å². The first-order chi connectivity index (χ1) is 11.3. The van der Waals surface area contributed by atoms with Crippen molar-refractivity contribution in [1.82, 2.24) is 9.97 Å². The van der Waals surface area contributed by atoms with Gasteiger partial charge in [0.1, 0.15) is 0 Å². The maximum atomic E-state index is 5.88. The van der Waals surface area contributed by atoms with E-state index in [0.29, 0.717) is 26.4 Å². The topological polar surface area (TPSA) is 62.7 Å². The minimum Gasteiger partial charge on any atom is -0.348 e. The lowest BCUT2D eigenvalue weighted by molar-refractivity contribution is -0.307. The highest BCUT2D eigenvalue weighted by Crippen LogP contribution is 2.37. The molecule has 0 bridgehead atoms. The molecule has 2 aromatic rings. The number of pyridine rings is 2. The van der Waals surface area contributed by atoms with Crippen LogP contribution in [0.25, 0.3) is 0 Å². The number of hydrogen-bond donors (Lipinski definition) is 0. The second-order valence-corrected chi connectivity index (χ2v) is 5.97. The van der Waals surface area contributed by atoms with Gasteiger partial charge in [0.2, 0.25) is 0 Å². The summed E-state index contributed by atoms with van der Waals surface area (Å²) in [5, 5.41) is 0. The third-order valence-electron chi connectivity index (χ3n) is 4.12. The van der Waals surface area contributed by atoms with Gasteiger partial charge in [0, 0.05) is 35.9 Å². The fourth-order valence-corrected chi connectivity index (χ4v) is 2.78. The molecule has 2 saturated heterocycles. The van der Waals surface area contributed by atoms with Crippen molar-refractivity contribution in [2.75, 3.05) is 26.4 Å². The van der Waals surface area contributed by atoms with Gasteiger partial charge in [-0.3, -0.25) is 9.97 Å². The van der Waals surface area contributed by atoms with Gasteiger partial charge in [-0.2, -0.15) is 0 Å². The molecule has 4 heterocycles. The minimum atomic E-state index is -0.346. The summed E-state index contributed by atoms with van der Waals surface area (Å²) in [6, 6.07) is 7.60. The largest absolute Gasteiger partial charge is 0.348 e. The molecule has 0 amide bonds. The molecule has 2 aliphatic rings. The van der Waals surface area contributed by atoms with Gasteiger partial charge in [-0.15, -0.1) is 0 Å². The molecule has 23 heavy (non-hydrogen) atoms. The van der Waals surface area contributed by atoms with E-state index in [0.717, 1.165) is 11.1 Å². The van der Waals surface area contributed by atoms with Gasteiger partial charge in [0.05, 0.1) is 31.8 Å². The van der Waals surface area contributed by atoms with E-state index in [1.54, 1.807) is 24.8 Å². The average Bonchev–Trinajstić information content (AvgIpc) is 2.65. The molecule has 6 nitrogen and oxygen atoms in total. The van der Waals surface area contributed by atoms with Crippen molar-refractivity contribution in [1.29, 1.82) is 0 Å². The Labute approximate surface area is 134 Å². The highest BCUT2D eigenvalue weighted by atomic mass is 16.7. The molecule has 4 rings (SSSR count). The van der Waals surface area contributed by atoms with Crippen molar-refractivity contribution in [3.05, 3.63) is 60.2 Å². The highest BCUT2D eigenvalue weighted by Gasteiger charge is 2.42. The maximum absolute atomic E-state index is 5.88. The number of hydrogen-bond acceptors (Lipinski definition) is 6. The minimum absolute atomic E-state index is 0.243. The molecular weight excluding hydrogens is 296 g/mol. The van der Waals surface area contributed by atoms with Crippen LogP contribution in [0.2, 0.25) is 0 Å². The fraction of sp³-hybridized carbons (Fsp3) is 0.412. The van der Waals surface area contributed by atoms with Crippen LogP contribution in [-0.2, 0) is 18.9 Å². The van der Waals surface area contributed by atoms with Crippen LogP contribution in [0.4, 0.5) is 0 Å². The Morgan fingerprint density at radius 1 is 0.652 bits per heavy atom. The van der Waals surface area contributed by atoms with E-state index in [1.807, 2.05) is 24.3 Å². The standard InChI is InChI=1S/C17H18N2O4/c1-5-18-6-2-13(1)15-20-9-17(10-21-15)11-22-16(23-12-17)14-3-7-19-8-4-14/h1-8,15-16H,9-12H2. The van der Waals surface area contributed by atoms with Gasteiger partial charge in [-0.25, -0.2) is 0 Å². The molecular formula is C17H18N2O4. The first-order valence-electron chi connectivity index (χ1n) is 7.61. The normalized spacial score (nSPS) is 31.1. The van der Waals surface area contributed by atoms with Crippen molar-refractivity contribution in [2.45, 2.75) is 12.6 Å². The molecule has 0 aromatic carbocycles. The van der Waals surface area contributed by atoms with Crippen LogP contribution in [0.3, 0.4) is 0 Å². The van der Waals surface area contributed by atoms with Crippen molar-refractivity contribution in [3.63, 3.8) is 0 Å². The van der Waals surface area contributed by atoms with Gasteiger partial charge in [-0.1, -0.05) is 0 Å². The Morgan fingerprint density at radius 3 is 1.35 bits per heavy atom. The summed E-state index contributed by atoms with van der Waals surface area (Å²) in [5.41, 5.74) is 1.71. The van der Waals surface area contributed by atoms with Crippen LogP contribution in [0.5, 0.6) is 0 Å². The Balaban J connectivity index is 1.36. The van der Waals surface area contributed by atoms with Crippen LogP contribution in [-0.4, -0.2) is 36.4 Å². The third kappa shape index (κ3) is 3.11. The lowest BCUT2D eigenvalue weighted by Crippen LogP contribution is -2.49. The molecule has 0 aliphatic carbocycles. The van der Waals surface area contributed by atoms with Crippen LogP contribution in [0.1, 0.15) is 23.7 Å². The molecule has 0 N–H and O–H groups in total. The number of aromatic nitrogens is 2. The second-order valence-electron chi connectivity index (χ2n) is 5.97. The zero-order valence-electron chi connectivity index (χ0n) is 12.6. The van der Waals surface area contributed by atoms with E-state index in [-0.39, 0.29) is 18.0 Å². The van der Waals surface area contributed by atoms with Crippen molar-refractivity contribution >= 4 is 0 Å². The molecule has 1 spiro atoms. The zero-order chi connectivity index (χ0) is 15.5. The third-order valence-corrected chi connectivity index (χ3v) is 4.12. The monoisotopic (exact) mass is 314 g/mol. The number of rotatable bonds is 2. The van der Waals surface area contributed by atoms with E-state index < -0.39 is 0 Å². The van der Waals surface area contributed by atoms with Gasteiger partial charge >= 0.3 is 0 Å². The summed E-state index contributed by atoms with van der Waals surface area (Å²) in [6.07, 6.45) is 6.25. The van der Waals surface area contributed by atoms with Crippen LogP contribution in [0, 0.1) is 5.41 Å². The summed E-state index contributed by atoms with van der Waals surface area (Å²) in [4.78, 5) is 8.01. The average molecular weight is 314 g/mol. The first-order valence-corrected chi connectivity index (χ1v) is 7.61. The second kappa shape index (κ2) is 6.33. The molecule has 120 valence electrons. The fourth-order valence-electron chi connectivity index (χ4n) is 2.78. The van der Waals surface area contributed by atoms with E-state index in [4.69, 9.17) is 18.9 Å². The van der Waals surface area contributed by atoms with Gasteiger partial charge < -0.3 is 18.9 Å². The number of nitrogens with zero attached hydrogens (tertiary/aromatic N) is 2. The highest BCUT2D eigenvalue weighted by molar-refractivity contribution is 5.13. The molecule has 0 radical (unpaired) electrons. The zero-order valence-corrected chi connectivity index (χ0v) is 12.6. The van der Waals surface area contributed by atoms with E-state index >= 15 is 0 Å². The van der Waals surface area contributed by atoms with Gasteiger partial charge in [0.15, 0.2) is 12.6 Å². The summed E-state index contributed by atoms with van der Waals surface area (Å²) in [7, 11) is 0. The van der Waals surface area contributed by atoms with E-state index in [9.17, 15) is 0 Å². The molecule has 0 saturated carbocycles. The summed E-state index contributed by atoms with van der Waals surface area (Å²) >= 11 is 0. The number of ether oxygens (including phenoxy) is 4. The Hall–Kier alpha value is -1.86. The summed E-state index contributed by atoms with van der Waals surface area (Å²) < 4.78 is 23.5. The Morgan fingerprint density at radius 2 is 1.00 bits per heavy atom. The summed E-state index contributed by atoms with van der Waals surface area (Å²) in [6.45, 7) is 2.18. The Bertz CT molecular complexity index is 561. The molecule has 6 heteroatoms. The molecule has 0 atom stereocenters. The van der Waals surface area contributed by atoms with Crippen molar-refractivity contribution in [3.8, 4) is 0 Å². The molecule has 2 aromatic heterocycles. The van der Waals surface area contributed by atoms with Crippen LogP contribution >= 0.6 is 0 Å². The smallest absolute Gasteiger partial charge is 0.183 e. The SMILES string of the molecule is c1cc(C2OCC3(CO2)COC(c2ccncc2)OC3)ccn1. The molecule has 2 fully saturated rings. The predicted octanol–water partition coefficient (Wildman–Crippen LogP) is 2.25.